The summed E-state index contributed by atoms with van der Waals surface area (Å²) in [4.78, 5) is 21.5. The Morgan fingerprint density at radius 1 is 1.00 bits per heavy atom. The number of pyridine rings is 1. The molecule has 1 saturated heterocycles. The second-order valence-electron chi connectivity index (χ2n) is 10.5. The van der Waals surface area contributed by atoms with Crippen molar-refractivity contribution in [3.8, 4) is 0 Å². The van der Waals surface area contributed by atoms with Crippen molar-refractivity contribution in [1.29, 1.82) is 0 Å². The molecule has 0 aromatic carbocycles. The van der Waals surface area contributed by atoms with Crippen LogP contribution < -0.4 is 10.2 Å². The van der Waals surface area contributed by atoms with E-state index in [1.807, 2.05) is 20.0 Å². The number of ketones is 1. The highest BCUT2D eigenvalue weighted by Crippen LogP contribution is 2.24. The number of nitrogens with one attached hydrogen (secondary N) is 1. The highest BCUT2D eigenvalue weighted by atomic mass is 16.1. The van der Waals surface area contributed by atoms with Crippen LogP contribution in [-0.2, 0) is 11.2 Å². The number of carbonyl (C=O) groups excluding carboxylic acids is 1. The fourth-order valence-corrected chi connectivity index (χ4v) is 4.70. The normalized spacial score (nSPS) is 13.8. The lowest BCUT2D eigenvalue weighted by Gasteiger charge is -2.31. The third kappa shape index (κ3) is 12.8. The van der Waals surface area contributed by atoms with E-state index in [-0.39, 0.29) is 5.78 Å². The van der Waals surface area contributed by atoms with Crippen LogP contribution in [0.5, 0.6) is 0 Å². The number of piperazine rings is 1. The van der Waals surface area contributed by atoms with E-state index >= 15 is 0 Å². The van der Waals surface area contributed by atoms with E-state index < -0.39 is 0 Å². The summed E-state index contributed by atoms with van der Waals surface area (Å²) in [5.41, 5.74) is 7.75. The van der Waals surface area contributed by atoms with Gasteiger partial charge >= 0.3 is 0 Å². The zero-order valence-electron chi connectivity index (χ0n) is 26.4. The first kappa shape index (κ1) is 34.3. The van der Waals surface area contributed by atoms with Gasteiger partial charge < -0.3 is 19.6 Å². The molecule has 218 valence electrons. The number of hydrogen-bond donors (Lipinski definition) is 1. The summed E-state index contributed by atoms with van der Waals surface area (Å²) in [6.07, 6.45) is 15.9. The maximum absolute atomic E-state index is 10.0. The second kappa shape index (κ2) is 19.3. The first-order valence-corrected chi connectivity index (χ1v) is 15.0. The van der Waals surface area contributed by atoms with Gasteiger partial charge in [-0.15, -0.1) is 0 Å². The highest BCUT2D eigenvalue weighted by Gasteiger charge is 2.15. The van der Waals surface area contributed by atoms with Crippen LogP contribution >= 0.6 is 0 Å². The van der Waals surface area contributed by atoms with E-state index in [2.05, 4.69) is 90.8 Å². The third-order valence-electron chi connectivity index (χ3n) is 6.53. The van der Waals surface area contributed by atoms with Crippen LogP contribution in [0.4, 0.5) is 5.69 Å². The minimum Gasteiger partial charge on any atom is -0.369 e. The van der Waals surface area contributed by atoms with Crippen LogP contribution in [-0.4, -0.2) is 46.5 Å². The molecule has 6 heteroatoms. The predicted octanol–water partition coefficient (Wildman–Crippen LogP) is 7.79. The molecule has 1 fully saturated rings. The monoisotopic (exact) mass is 537 g/mol. The van der Waals surface area contributed by atoms with E-state index in [0.717, 1.165) is 69.8 Å². The lowest BCUT2D eigenvalue weighted by molar-refractivity contribution is -0.117. The van der Waals surface area contributed by atoms with E-state index in [1.165, 1.54) is 40.9 Å². The summed E-state index contributed by atoms with van der Waals surface area (Å²) >= 11 is 0. The molecule has 3 rings (SSSR count). The van der Waals surface area contributed by atoms with Gasteiger partial charge in [-0.1, -0.05) is 52.2 Å². The summed E-state index contributed by atoms with van der Waals surface area (Å²) < 4.78 is 2.15. The summed E-state index contributed by atoms with van der Waals surface area (Å²) in [7, 11) is 0. The molecule has 3 heterocycles. The largest absolute Gasteiger partial charge is 0.369 e. The van der Waals surface area contributed by atoms with Crippen molar-refractivity contribution in [1.82, 2.24) is 19.9 Å². The Hall–Kier alpha value is -2.73. The van der Waals surface area contributed by atoms with Crippen LogP contribution in [0.3, 0.4) is 0 Å². The number of aryl methyl sites for hydroxylation is 2. The Morgan fingerprint density at radius 2 is 1.67 bits per heavy atom. The summed E-state index contributed by atoms with van der Waals surface area (Å²) in [5.74, 6) is 1.36. The van der Waals surface area contributed by atoms with E-state index in [4.69, 9.17) is 0 Å². The number of allylic oxidation sites excluding steroid dienone is 3. The molecule has 0 saturated carbocycles. The van der Waals surface area contributed by atoms with Crippen molar-refractivity contribution in [2.45, 2.75) is 107 Å². The minimum atomic E-state index is 0.289. The number of aromatic nitrogens is 3. The second-order valence-corrected chi connectivity index (χ2v) is 10.5. The average molecular weight is 538 g/mol. The Balaban J connectivity index is 0.000000324. The van der Waals surface area contributed by atoms with Crippen molar-refractivity contribution >= 4 is 23.2 Å². The fourth-order valence-electron chi connectivity index (χ4n) is 4.70. The number of imidazole rings is 1. The molecule has 0 radical (unpaired) electrons. The standard InChI is InChI=1S/C15H24N2.C13H21N3.C5H10O/c1-6-8-12(3)10-17-11-14(5)16-15(17)13(4)9-7-2;1-3-4-12-11(2)15-6-5-13(12)16-9-7-14-8-10-16;1-3-4-5(2)6/h9-11H,6-8H2,1-5H3;5-6,14H,3-4,7-10H2,1-2H3;3-4H2,1-2H3/b12-10+,13-9+;;. The summed E-state index contributed by atoms with van der Waals surface area (Å²) in [6, 6.07) is 2.17. The van der Waals surface area contributed by atoms with Crippen molar-refractivity contribution in [3.63, 3.8) is 0 Å². The molecule has 0 unspecified atom stereocenters. The van der Waals surface area contributed by atoms with Crippen LogP contribution in [0.25, 0.3) is 11.8 Å². The molecule has 1 aliphatic heterocycles. The van der Waals surface area contributed by atoms with E-state index in [0.29, 0.717) is 0 Å². The Kier molecular flexibility index (Phi) is 17.0. The molecular weight excluding hydrogens is 482 g/mol. The maximum atomic E-state index is 10.0. The molecule has 0 spiro atoms. The number of rotatable bonds is 10. The molecule has 1 N–H and O–H groups in total. The smallest absolute Gasteiger partial charge is 0.139 e. The molecule has 0 atom stereocenters. The van der Waals surface area contributed by atoms with Crippen molar-refractivity contribution < 1.29 is 4.79 Å². The number of hydrogen-bond acceptors (Lipinski definition) is 5. The topological polar surface area (TPSA) is 63.1 Å². The van der Waals surface area contributed by atoms with Crippen molar-refractivity contribution in [3.05, 3.63) is 52.9 Å². The number of carbonyl (C=O) groups is 1. The van der Waals surface area contributed by atoms with Crippen molar-refractivity contribution in [2.75, 3.05) is 31.1 Å². The van der Waals surface area contributed by atoms with Gasteiger partial charge in [0.25, 0.3) is 0 Å². The molecule has 0 bridgehead atoms. The lowest BCUT2D eigenvalue weighted by Crippen LogP contribution is -2.44. The first-order valence-electron chi connectivity index (χ1n) is 15.0. The quantitative estimate of drug-likeness (QED) is 0.335. The summed E-state index contributed by atoms with van der Waals surface area (Å²) in [5, 5.41) is 3.39. The molecule has 39 heavy (non-hydrogen) atoms. The van der Waals surface area contributed by atoms with Gasteiger partial charge in [-0.25, -0.2) is 4.98 Å². The van der Waals surface area contributed by atoms with Gasteiger partial charge in [0.2, 0.25) is 0 Å². The van der Waals surface area contributed by atoms with Crippen LogP contribution in [0.15, 0.2) is 30.1 Å². The van der Waals surface area contributed by atoms with Gasteiger partial charge in [0, 0.05) is 62.6 Å². The fraction of sp³-hybridized carbons (Fsp3) is 0.606. The molecule has 2 aromatic rings. The average Bonchev–Trinajstić information content (AvgIpc) is 3.26. The van der Waals surface area contributed by atoms with Gasteiger partial charge in [-0.2, -0.15) is 0 Å². The van der Waals surface area contributed by atoms with Gasteiger partial charge in [-0.05, 0) is 77.5 Å². The highest BCUT2D eigenvalue weighted by molar-refractivity contribution is 5.75. The van der Waals surface area contributed by atoms with Crippen LogP contribution in [0.2, 0.25) is 0 Å². The Labute approximate surface area is 239 Å². The van der Waals surface area contributed by atoms with Crippen LogP contribution in [0.1, 0.15) is 110 Å². The van der Waals surface area contributed by atoms with Crippen LogP contribution in [0, 0.1) is 13.8 Å². The Bertz CT molecular complexity index is 1040. The van der Waals surface area contributed by atoms with Gasteiger partial charge in [0.05, 0.1) is 5.69 Å². The van der Waals surface area contributed by atoms with Gasteiger partial charge in [-0.3, -0.25) is 4.98 Å². The van der Waals surface area contributed by atoms with E-state index in [1.54, 1.807) is 6.92 Å². The van der Waals surface area contributed by atoms with Crippen molar-refractivity contribution in [2.24, 2.45) is 0 Å². The van der Waals surface area contributed by atoms with Gasteiger partial charge in [0.1, 0.15) is 11.6 Å². The third-order valence-corrected chi connectivity index (χ3v) is 6.53. The molecule has 2 aromatic heterocycles. The molecule has 0 amide bonds. The predicted molar refractivity (Wildman–Crippen MR) is 169 cm³/mol. The first-order chi connectivity index (χ1) is 18.7. The molecule has 6 nitrogen and oxygen atoms in total. The number of Topliss-reactive ketones (excluding diaryl/α,β-unsaturated/α-hetero) is 1. The van der Waals surface area contributed by atoms with E-state index in [9.17, 15) is 4.79 Å². The molecule has 1 aliphatic rings. The SMILES string of the molecule is CC/C=C(\C)c1nc(C)cn1/C=C(\C)CCC.CCCC(C)=O.CCCc1c(N2CCNCC2)ccnc1C. The zero-order chi connectivity index (χ0) is 29.2. The zero-order valence-corrected chi connectivity index (χ0v) is 26.4. The molecular formula is C33H55N5O. The minimum absolute atomic E-state index is 0.289. The number of nitrogens with zero attached hydrogens (tertiary/aromatic N) is 4. The van der Waals surface area contributed by atoms with Gasteiger partial charge in [0.15, 0.2) is 0 Å². The number of anilines is 1. The Morgan fingerprint density at radius 3 is 2.21 bits per heavy atom. The lowest BCUT2D eigenvalue weighted by atomic mass is 10.1. The summed E-state index contributed by atoms with van der Waals surface area (Å²) in [6.45, 7) is 23.1. The maximum Gasteiger partial charge on any atom is 0.139 e. The molecule has 0 aliphatic carbocycles.